The van der Waals surface area contributed by atoms with Gasteiger partial charge in [0.1, 0.15) is 5.82 Å². The maximum absolute atomic E-state index is 12.9. The van der Waals surface area contributed by atoms with Gasteiger partial charge in [0.25, 0.3) is 5.56 Å². The maximum Gasteiger partial charge on any atom is 0.258 e. The van der Waals surface area contributed by atoms with Gasteiger partial charge < -0.3 is 15.5 Å². The van der Waals surface area contributed by atoms with Gasteiger partial charge in [0.2, 0.25) is 17.8 Å². The zero-order valence-corrected chi connectivity index (χ0v) is 16.9. The van der Waals surface area contributed by atoms with Crippen LogP contribution in [-0.4, -0.2) is 34.9 Å². The van der Waals surface area contributed by atoms with Gasteiger partial charge in [-0.2, -0.15) is 4.98 Å². The molecule has 10 heteroatoms. The second-order valence-electron chi connectivity index (χ2n) is 7.15. The molecule has 0 unspecified atom stereocenters. The van der Waals surface area contributed by atoms with E-state index in [1.54, 1.807) is 6.07 Å². The number of carbonyl (C=O) groups excluding carboxylic acids is 2. The summed E-state index contributed by atoms with van der Waals surface area (Å²) in [6, 6.07) is 4.62. The van der Waals surface area contributed by atoms with Crippen LogP contribution in [-0.2, 0) is 9.59 Å². The molecule has 8 nitrogen and oxygen atoms in total. The Labute approximate surface area is 176 Å². The van der Waals surface area contributed by atoms with E-state index < -0.39 is 17.4 Å². The molecule has 2 aliphatic rings. The SMILES string of the molecule is O=C1C[C@@H](C(=O)Nc2cc(Cl)cc(Cl)c2)c2c(nc(N3CCCCC3)[nH]c2=O)N1. The second-order valence-corrected chi connectivity index (χ2v) is 8.02. The number of hydrogen-bond donors (Lipinski definition) is 3. The van der Waals surface area contributed by atoms with Crippen molar-refractivity contribution in [3.63, 3.8) is 0 Å². The standard InChI is InChI=1S/C19H19Cl2N5O3/c20-10-6-11(21)8-12(7-10)22-17(28)13-9-14(27)23-16-15(13)18(29)25-19(24-16)26-4-2-1-3-5-26/h6-8,13H,1-5,9H2,(H,22,28)(H2,23,24,25,27,29)/t13-/m1/s1. The zero-order valence-electron chi connectivity index (χ0n) is 15.4. The smallest absolute Gasteiger partial charge is 0.258 e. The summed E-state index contributed by atoms with van der Waals surface area (Å²) in [6.07, 6.45) is 3.01. The van der Waals surface area contributed by atoms with Crippen molar-refractivity contribution in [3.05, 3.63) is 44.2 Å². The molecule has 0 bridgehead atoms. The zero-order chi connectivity index (χ0) is 20.5. The van der Waals surface area contributed by atoms with Crippen LogP contribution < -0.4 is 21.1 Å². The third-order valence-electron chi connectivity index (χ3n) is 5.04. The van der Waals surface area contributed by atoms with Crippen molar-refractivity contribution < 1.29 is 9.59 Å². The number of fused-ring (bicyclic) bond motifs is 1. The van der Waals surface area contributed by atoms with Crippen molar-refractivity contribution in [1.82, 2.24) is 9.97 Å². The quantitative estimate of drug-likeness (QED) is 0.686. The molecule has 0 spiro atoms. The van der Waals surface area contributed by atoms with Crippen LogP contribution in [0.1, 0.15) is 37.2 Å². The molecule has 1 fully saturated rings. The number of rotatable bonds is 3. The van der Waals surface area contributed by atoms with Crippen LogP contribution in [0.25, 0.3) is 0 Å². The van der Waals surface area contributed by atoms with Gasteiger partial charge in [0, 0.05) is 35.2 Å². The average Bonchev–Trinajstić information content (AvgIpc) is 2.66. The predicted octanol–water partition coefficient (Wildman–Crippen LogP) is 3.13. The highest BCUT2D eigenvalue weighted by Crippen LogP contribution is 2.31. The summed E-state index contributed by atoms with van der Waals surface area (Å²) in [4.78, 5) is 47.1. The van der Waals surface area contributed by atoms with Gasteiger partial charge in [0.05, 0.1) is 11.5 Å². The minimum atomic E-state index is -0.969. The van der Waals surface area contributed by atoms with Crippen molar-refractivity contribution in [1.29, 1.82) is 0 Å². The van der Waals surface area contributed by atoms with E-state index in [9.17, 15) is 14.4 Å². The van der Waals surface area contributed by atoms with E-state index in [1.807, 2.05) is 4.90 Å². The van der Waals surface area contributed by atoms with E-state index in [-0.39, 0.29) is 23.7 Å². The lowest BCUT2D eigenvalue weighted by Crippen LogP contribution is -2.38. The summed E-state index contributed by atoms with van der Waals surface area (Å²) < 4.78 is 0. The number of nitrogens with one attached hydrogen (secondary N) is 3. The highest BCUT2D eigenvalue weighted by atomic mass is 35.5. The van der Waals surface area contributed by atoms with Crippen LogP contribution in [0.2, 0.25) is 10.0 Å². The molecule has 3 heterocycles. The fourth-order valence-corrected chi connectivity index (χ4v) is 4.22. The lowest BCUT2D eigenvalue weighted by molar-refractivity contribution is -0.123. The first kappa shape index (κ1) is 19.7. The summed E-state index contributed by atoms with van der Waals surface area (Å²) in [5.74, 6) is -1.30. The molecule has 1 atom stereocenters. The van der Waals surface area contributed by atoms with Crippen molar-refractivity contribution >= 4 is 52.5 Å². The first-order valence-electron chi connectivity index (χ1n) is 9.36. The van der Waals surface area contributed by atoms with Gasteiger partial charge >= 0.3 is 0 Å². The molecular formula is C19H19Cl2N5O3. The van der Waals surface area contributed by atoms with Crippen LogP contribution in [0, 0.1) is 0 Å². The van der Waals surface area contributed by atoms with Crippen LogP contribution in [0.3, 0.4) is 0 Å². The number of aromatic amines is 1. The third kappa shape index (κ3) is 4.23. The molecule has 2 amide bonds. The minimum absolute atomic E-state index is 0.134. The molecular weight excluding hydrogens is 417 g/mol. The van der Waals surface area contributed by atoms with Crippen molar-refractivity contribution in [2.24, 2.45) is 0 Å². The Morgan fingerprint density at radius 1 is 1.10 bits per heavy atom. The van der Waals surface area contributed by atoms with E-state index in [0.29, 0.717) is 21.7 Å². The maximum atomic E-state index is 12.9. The lowest BCUT2D eigenvalue weighted by Gasteiger charge is -2.29. The molecule has 0 aliphatic carbocycles. The number of piperidine rings is 1. The first-order valence-corrected chi connectivity index (χ1v) is 10.1. The number of amides is 2. The van der Waals surface area contributed by atoms with Gasteiger partial charge in [-0.3, -0.25) is 19.4 Å². The predicted molar refractivity (Wildman–Crippen MR) is 112 cm³/mol. The van der Waals surface area contributed by atoms with Crippen molar-refractivity contribution in [2.45, 2.75) is 31.6 Å². The first-order chi connectivity index (χ1) is 13.9. The van der Waals surface area contributed by atoms with Gasteiger partial charge in [-0.25, -0.2) is 0 Å². The molecule has 152 valence electrons. The number of aromatic nitrogens is 2. The minimum Gasteiger partial charge on any atom is -0.342 e. The number of anilines is 3. The molecule has 29 heavy (non-hydrogen) atoms. The summed E-state index contributed by atoms with van der Waals surface area (Å²) in [6.45, 7) is 1.57. The Morgan fingerprint density at radius 2 is 1.79 bits per heavy atom. The third-order valence-corrected chi connectivity index (χ3v) is 5.48. The Morgan fingerprint density at radius 3 is 2.48 bits per heavy atom. The number of benzene rings is 1. The van der Waals surface area contributed by atoms with Gasteiger partial charge in [-0.15, -0.1) is 0 Å². The average molecular weight is 436 g/mol. The number of nitrogens with zero attached hydrogens (tertiary/aromatic N) is 2. The number of hydrogen-bond acceptors (Lipinski definition) is 5. The van der Waals surface area contributed by atoms with E-state index in [4.69, 9.17) is 23.2 Å². The Balaban J connectivity index is 1.65. The van der Waals surface area contributed by atoms with Crippen LogP contribution in [0.4, 0.5) is 17.5 Å². The van der Waals surface area contributed by atoms with E-state index in [0.717, 1.165) is 32.4 Å². The number of carbonyl (C=O) groups is 2. The fourth-order valence-electron chi connectivity index (χ4n) is 3.69. The Hall–Kier alpha value is -2.58. The molecule has 4 rings (SSSR count). The van der Waals surface area contributed by atoms with Crippen LogP contribution >= 0.6 is 23.2 Å². The molecule has 1 saturated heterocycles. The van der Waals surface area contributed by atoms with E-state index >= 15 is 0 Å². The van der Waals surface area contributed by atoms with Crippen molar-refractivity contribution in [2.75, 3.05) is 28.6 Å². The molecule has 0 saturated carbocycles. The van der Waals surface area contributed by atoms with E-state index in [2.05, 4.69) is 20.6 Å². The second kappa shape index (κ2) is 8.04. The summed E-state index contributed by atoms with van der Waals surface area (Å²) >= 11 is 11.9. The summed E-state index contributed by atoms with van der Waals surface area (Å²) in [5, 5.41) is 6.03. The van der Waals surface area contributed by atoms with Gasteiger partial charge in [-0.1, -0.05) is 23.2 Å². The Kier molecular flexibility index (Phi) is 5.47. The molecule has 3 N–H and O–H groups in total. The van der Waals surface area contributed by atoms with Crippen LogP contribution in [0.5, 0.6) is 0 Å². The fraction of sp³-hybridized carbons (Fsp3) is 0.368. The van der Waals surface area contributed by atoms with Crippen molar-refractivity contribution in [3.8, 4) is 0 Å². The molecule has 2 aliphatic heterocycles. The largest absolute Gasteiger partial charge is 0.342 e. The molecule has 1 aromatic heterocycles. The highest BCUT2D eigenvalue weighted by molar-refractivity contribution is 6.35. The monoisotopic (exact) mass is 435 g/mol. The number of H-pyrrole nitrogens is 1. The summed E-state index contributed by atoms with van der Waals surface area (Å²) in [5.41, 5.74) is 0.102. The normalized spacial score (nSPS) is 18.8. The lowest BCUT2D eigenvalue weighted by atomic mass is 9.92. The molecule has 2 aromatic rings. The van der Waals surface area contributed by atoms with Gasteiger partial charge in [0.15, 0.2) is 0 Å². The highest BCUT2D eigenvalue weighted by Gasteiger charge is 2.35. The summed E-state index contributed by atoms with van der Waals surface area (Å²) in [7, 11) is 0. The van der Waals surface area contributed by atoms with E-state index in [1.165, 1.54) is 12.1 Å². The molecule has 1 aromatic carbocycles. The Bertz CT molecular complexity index is 1010. The number of halogens is 2. The van der Waals surface area contributed by atoms with Gasteiger partial charge in [-0.05, 0) is 37.5 Å². The van der Waals surface area contributed by atoms with Crippen LogP contribution in [0.15, 0.2) is 23.0 Å². The topological polar surface area (TPSA) is 107 Å². The molecule has 0 radical (unpaired) electrons.